The molecule has 1 aliphatic rings. The summed E-state index contributed by atoms with van der Waals surface area (Å²) in [5, 5.41) is 4.53. The van der Waals surface area contributed by atoms with Gasteiger partial charge >= 0.3 is 12.0 Å². The zero-order chi connectivity index (χ0) is 18.4. The van der Waals surface area contributed by atoms with Crippen LogP contribution in [0, 0.1) is 5.92 Å². The number of nitrogens with one attached hydrogen (secondary N) is 2. The van der Waals surface area contributed by atoms with Crippen molar-refractivity contribution in [1.29, 1.82) is 0 Å². The lowest BCUT2D eigenvalue weighted by molar-refractivity contribution is -0.152. The quantitative estimate of drug-likeness (QED) is 0.717. The van der Waals surface area contributed by atoms with Gasteiger partial charge in [-0.05, 0) is 26.0 Å². The van der Waals surface area contributed by atoms with E-state index in [0.717, 1.165) is 0 Å². The molecule has 1 fully saturated rings. The predicted molar refractivity (Wildman–Crippen MR) is 85.0 cm³/mol. The molecule has 4 amide bonds. The zero-order valence-corrected chi connectivity index (χ0v) is 14.1. The third kappa shape index (κ3) is 5.63. The second-order valence-corrected chi connectivity index (χ2v) is 6.04. The van der Waals surface area contributed by atoms with Crippen LogP contribution >= 0.6 is 0 Å². The third-order valence-electron chi connectivity index (χ3n) is 3.49. The summed E-state index contributed by atoms with van der Waals surface area (Å²) in [6.45, 7) is 3.40. The van der Waals surface area contributed by atoms with E-state index in [2.05, 4.69) is 5.32 Å². The van der Waals surface area contributed by atoms with Crippen molar-refractivity contribution >= 4 is 23.8 Å². The Labute approximate surface area is 144 Å². The first-order chi connectivity index (χ1) is 11.8. The van der Waals surface area contributed by atoms with Gasteiger partial charge in [0, 0.05) is 19.0 Å². The number of imide groups is 1. The predicted octanol–water partition coefficient (Wildman–Crippen LogP) is 0.406. The van der Waals surface area contributed by atoms with Crippen molar-refractivity contribution in [2.75, 3.05) is 13.2 Å². The summed E-state index contributed by atoms with van der Waals surface area (Å²) in [6, 6.07) is 2.68. The van der Waals surface area contributed by atoms with Crippen molar-refractivity contribution in [3.63, 3.8) is 0 Å². The number of likely N-dealkylation sites (tertiary alicyclic amines) is 1. The number of nitrogens with zero attached hydrogens (tertiary/aromatic N) is 1. The summed E-state index contributed by atoms with van der Waals surface area (Å²) in [4.78, 5) is 48.4. The zero-order valence-electron chi connectivity index (χ0n) is 14.1. The Morgan fingerprint density at radius 2 is 2.16 bits per heavy atom. The number of carbonyl (C=O) groups is 4. The van der Waals surface area contributed by atoms with Crippen LogP contribution in [0.5, 0.6) is 0 Å². The molecule has 2 rings (SSSR count). The Morgan fingerprint density at radius 3 is 2.80 bits per heavy atom. The molecule has 0 radical (unpaired) electrons. The topological polar surface area (TPSA) is 118 Å². The Kier molecular flexibility index (Phi) is 6.15. The van der Waals surface area contributed by atoms with E-state index in [0.29, 0.717) is 5.76 Å². The molecule has 136 valence electrons. The summed E-state index contributed by atoms with van der Waals surface area (Å²) < 4.78 is 10.1. The van der Waals surface area contributed by atoms with Gasteiger partial charge in [-0.25, -0.2) is 4.79 Å². The van der Waals surface area contributed by atoms with Gasteiger partial charge in [0.15, 0.2) is 6.61 Å². The summed E-state index contributed by atoms with van der Waals surface area (Å²) in [5.41, 5.74) is 0. The van der Waals surface area contributed by atoms with Crippen LogP contribution in [0.2, 0.25) is 0 Å². The lowest BCUT2D eigenvalue weighted by Crippen LogP contribution is -2.44. The summed E-state index contributed by atoms with van der Waals surface area (Å²) in [6.07, 6.45) is 1.53. The number of esters is 1. The van der Waals surface area contributed by atoms with Crippen molar-refractivity contribution in [2.45, 2.75) is 32.9 Å². The van der Waals surface area contributed by atoms with Crippen LogP contribution in [-0.2, 0) is 25.7 Å². The summed E-state index contributed by atoms with van der Waals surface area (Å²) >= 11 is 0. The molecular weight excluding hydrogens is 330 g/mol. The van der Waals surface area contributed by atoms with Crippen LogP contribution in [0.15, 0.2) is 22.8 Å². The van der Waals surface area contributed by atoms with Crippen molar-refractivity contribution in [2.24, 2.45) is 5.92 Å². The van der Waals surface area contributed by atoms with Gasteiger partial charge in [0.2, 0.25) is 5.91 Å². The fraction of sp³-hybridized carbons (Fsp3) is 0.500. The number of hydrogen-bond donors (Lipinski definition) is 2. The molecule has 0 saturated carbocycles. The Bertz CT molecular complexity index is 640. The molecule has 25 heavy (non-hydrogen) atoms. The maximum atomic E-state index is 12.0. The third-order valence-corrected chi connectivity index (χ3v) is 3.49. The van der Waals surface area contributed by atoms with E-state index in [4.69, 9.17) is 9.15 Å². The van der Waals surface area contributed by atoms with Crippen molar-refractivity contribution in [1.82, 2.24) is 15.5 Å². The van der Waals surface area contributed by atoms with Gasteiger partial charge in [0.05, 0.1) is 18.7 Å². The number of carbonyl (C=O) groups excluding carboxylic acids is 4. The highest BCUT2D eigenvalue weighted by Gasteiger charge is 2.35. The Hall–Kier alpha value is -2.84. The van der Waals surface area contributed by atoms with Crippen molar-refractivity contribution < 1.29 is 28.3 Å². The lowest BCUT2D eigenvalue weighted by atomic mass is 10.1. The molecule has 9 heteroatoms. The van der Waals surface area contributed by atoms with Gasteiger partial charge in [0.25, 0.3) is 5.91 Å². The molecule has 2 heterocycles. The molecule has 1 aromatic heterocycles. The molecule has 1 saturated heterocycles. The minimum atomic E-state index is -0.733. The van der Waals surface area contributed by atoms with Gasteiger partial charge in [0.1, 0.15) is 5.76 Å². The molecule has 0 aliphatic carbocycles. The van der Waals surface area contributed by atoms with E-state index >= 15 is 0 Å². The maximum Gasteiger partial charge on any atom is 0.321 e. The van der Waals surface area contributed by atoms with E-state index < -0.39 is 30.4 Å². The molecule has 0 bridgehead atoms. The number of ether oxygens (including phenoxy) is 1. The van der Waals surface area contributed by atoms with E-state index in [1.54, 1.807) is 26.0 Å². The normalized spacial score (nSPS) is 16.8. The second-order valence-electron chi connectivity index (χ2n) is 6.04. The fourth-order valence-corrected chi connectivity index (χ4v) is 2.39. The molecule has 0 spiro atoms. The van der Waals surface area contributed by atoms with Gasteiger partial charge in [-0.3, -0.25) is 19.7 Å². The van der Waals surface area contributed by atoms with E-state index in [1.807, 2.05) is 5.32 Å². The Balaban J connectivity index is 1.75. The van der Waals surface area contributed by atoms with Gasteiger partial charge < -0.3 is 19.4 Å². The number of amides is 4. The smallest absolute Gasteiger partial charge is 0.321 e. The first kappa shape index (κ1) is 18.5. The molecule has 0 aromatic carbocycles. The summed E-state index contributed by atoms with van der Waals surface area (Å²) in [7, 11) is 0. The lowest BCUT2D eigenvalue weighted by Gasteiger charge is -2.14. The van der Waals surface area contributed by atoms with Gasteiger partial charge in [-0.2, -0.15) is 0 Å². The minimum Gasteiger partial charge on any atom is -0.467 e. The Morgan fingerprint density at radius 1 is 1.40 bits per heavy atom. The maximum absolute atomic E-state index is 12.0. The largest absolute Gasteiger partial charge is 0.467 e. The number of hydrogen-bond acceptors (Lipinski definition) is 6. The van der Waals surface area contributed by atoms with E-state index in [1.165, 1.54) is 11.2 Å². The molecule has 1 aromatic rings. The summed E-state index contributed by atoms with van der Waals surface area (Å²) in [5.74, 6) is -1.57. The molecular formula is C16H21N3O6. The molecule has 0 unspecified atom stereocenters. The van der Waals surface area contributed by atoms with E-state index in [-0.39, 0.29) is 31.5 Å². The van der Waals surface area contributed by atoms with Crippen LogP contribution in [0.25, 0.3) is 0 Å². The average molecular weight is 351 g/mol. The van der Waals surface area contributed by atoms with Crippen LogP contribution in [0.4, 0.5) is 4.79 Å². The highest BCUT2D eigenvalue weighted by Crippen LogP contribution is 2.21. The highest BCUT2D eigenvalue weighted by molar-refractivity contribution is 5.96. The average Bonchev–Trinajstić information content (AvgIpc) is 3.15. The van der Waals surface area contributed by atoms with Crippen LogP contribution in [-0.4, -0.2) is 47.9 Å². The highest BCUT2D eigenvalue weighted by atomic mass is 16.5. The van der Waals surface area contributed by atoms with Crippen LogP contribution in [0.3, 0.4) is 0 Å². The van der Waals surface area contributed by atoms with E-state index in [9.17, 15) is 19.2 Å². The second kappa shape index (κ2) is 8.32. The van der Waals surface area contributed by atoms with Crippen LogP contribution < -0.4 is 10.6 Å². The van der Waals surface area contributed by atoms with Crippen molar-refractivity contribution in [3.8, 4) is 0 Å². The first-order valence-electron chi connectivity index (χ1n) is 7.92. The monoisotopic (exact) mass is 351 g/mol. The number of furan rings is 1. The fourth-order valence-electron chi connectivity index (χ4n) is 2.39. The number of urea groups is 1. The van der Waals surface area contributed by atoms with Crippen LogP contribution in [0.1, 0.15) is 26.0 Å². The molecule has 2 N–H and O–H groups in total. The number of rotatable bonds is 6. The minimum absolute atomic E-state index is 0.0228. The SMILES string of the molecule is CC(C)NC(=O)NC(=O)COC(=O)[C@@H]1CC(=O)N(Cc2ccco2)C1. The first-order valence-corrected chi connectivity index (χ1v) is 7.92. The molecule has 1 atom stereocenters. The van der Waals surface area contributed by atoms with Gasteiger partial charge in [-0.1, -0.05) is 0 Å². The molecule has 9 nitrogen and oxygen atoms in total. The molecule has 1 aliphatic heterocycles. The van der Waals surface area contributed by atoms with Gasteiger partial charge in [-0.15, -0.1) is 0 Å². The standard InChI is InChI=1S/C16H21N3O6/c1-10(2)17-16(23)18-13(20)9-25-15(22)11-6-14(21)19(7-11)8-12-4-3-5-24-12/h3-5,10-11H,6-9H2,1-2H3,(H2,17,18,20,23)/t11-/m1/s1. The van der Waals surface area contributed by atoms with Crippen molar-refractivity contribution in [3.05, 3.63) is 24.2 Å².